The van der Waals surface area contributed by atoms with Crippen molar-refractivity contribution in [1.29, 1.82) is 0 Å². The second-order valence-electron chi connectivity index (χ2n) is 5.11. The van der Waals surface area contributed by atoms with Crippen LogP contribution in [0.3, 0.4) is 0 Å². The number of benzene rings is 2. The van der Waals surface area contributed by atoms with E-state index in [4.69, 9.17) is 4.98 Å². The van der Waals surface area contributed by atoms with Gasteiger partial charge in [-0.2, -0.15) is 0 Å². The predicted octanol–water partition coefficient (Wildman–Crippen LogP) is 4.03. The van der Waals surface area contributed by atoms with E-state index >= 15 is 0 Å². The first-order valence-corrected chi connectivity index (χ1v) is 8.15. The topological polar surface area (TPSA) is 43.6 Å². The monoisotopic (exact) mass is 318 g/mol. The largest absolute Gasteiger partial charge is 0.299 e. The number of aromatic nitrogens is 4. The Kier molecular flexibility index (Phi) is 3.78. The summed E-state index contributed by atoms with van der Waals surface area (Å²) in [6.45, 7) is 0.740. The van der Waals surface area contributed by atoms with E-state index in [1.54, 1.807) is 24.3 Å². The van der Waals surface area contributed by atoms with Gasteiger partial charge < -0.3 is 0 Å². The van der Waals surface area contributed by atoms with Gasteiger partial charge in [0.25, 0.3) is 0 Å². The number of hydrogen-bond acceptors (Lipinski definition) is 4. The zero-order valence-electron chi connectivity index (χ0n) is 12.3. The molecule has 4 nitrogen and oxygen atoms in total. The smallest absolute Gasteiger partial charge is 0.175 e. The van der Waals surface area contributed by atoms with Gasteiger partial charge in [0.05, 0.1) is 12.7 Å². The van der Waals surface area contributed by atoms with Crippen molar-refractivity contribution in [2.75, 3.05) is 0 Å². The van der Waals surface area contributed by atoms with Gasteiger partial charge in [0, 0.05) is 4.90 Å². The minimum absolute atomic E-state index is 0.740. The van der Waals surface area contributed by atoms with Crippen molar-refractivity contribution < 1.29 is 0 Å². The van der Waals surface area contributed by atoms with E-state index in [2.05, 4.69) is 38.8 Å². The predicted molar refractivity (Wildman–Crippen MR) is 91.4 cm³/mol. The molecule has 2 heterocycles. The minimum atomic E-state index is 0.740. The fraction of sp³-hybridized carbons (Fsp3) is 0.0556. The van der Waals surface area contributed by atoms with Gasteiger partial charge in [-0.05, 0) is 17.7 Å². The lowest BCUT2D eigenvalue weighted by Gasteiger charge is -2.08. The highest BCUT2D eigenvalue weighted by Gasteiger charge is 2.13. The fourth-order valence-electron chi connectivity index (χ4n) is 2.44. The van der Waals surface area contributed by atoms with Crippen LogP contribution in [0.15, 0.2) is 83.2 Å². The number of nitrogens with zero attached hydrogens (tertiary/aromatic N) is 4. The van der Waals surface area contributed by atoms with Crippen LogP contribution in [0.25, 0.3) is 11.2 Å². The summed E-state index contributed by atoms with van der Waals surface area (Å²) in [7, 11) is 0. The van der Waals surface area contributed by atoms with Crippen LogP contribution in [0, 0.1) is 0 Å². The van der Waals surface area contributed by atoms with E-state index < -0.39 is 0 Å². The molecule has 0 amide bonds. The van der Waals surface area contributed by atoms with Gasteiger partial charge in [-0.3, -0.25) is 4.57 Å². The second-order valence-corrected chi connectivity index (χ2v) is 6.15. The van der Waals surface area contributed by atoms with Crippen molar-refractivity contribution in [1.82, 2.24) is 19.5 Å². The van der Waals surface area contributed by atoms with Gasteiger partial charge in [0.15, 0.2) is 10.8 Å². The van der Waals surface area contributed by atoms with Crippen molar-refractivity contribution in [3.8, 4) is 0 Å². The molecule has 0 radical (unpaired) electrons. The van der Waals surface area contributed by atoms with Gasteiger partial charge in [0.1, 0.15) is 11.8 Å². The molecule has 0 saturated carbocycles. The van der Waals surface area contributed by atoms with E-state index in [0.29, 0.717) is 0 Å². The summed E-state index contributed by atoms with van der Waals surface area (Å²) in [5.74, 6) is 0. The van der Waals surface area contributed by atoms with Crippen LogP contribution in [-0.2, 0) is 6.54 Å². The molecule has 112 valence electrons. The Morgan fingerprint density at radius 1 is 0.913 bits per heavy atom. The maximum atomic E-state index is 4.71. The molecule has 2 aromatic carbocycles. The molecular weight excluding hydrogens is 304 g/mol. The molecule has 0 atom stereocenters. The average Bonchev–Trinajstić information content (AvgIpc) is 2.94. The molecule has 0 N–H and O–H groups in total. The lowest BCUT2D eigenvalue weighted by atomic mass is 10.2. The Hall–Kier alpha value is -2.66. The lowest BCUT2D eigenvalue weighted by molar-refractivity contribution is 0.723. The molecule has 0 spiro atoms. The van der Waals surface area contributed by atoms with Gasteiger partial charge in [0.2, 0.25) is 0 Å². The molecule has 4 aromatic rings. The van der Waals surface area contributed by atoms with Crippen molar-refractivity contribution >= 4 is 22.9 Å². The Morgan fingerprint density at radius 3 is 2.43 bits per heavy atom. The molecule has 23 heavy (non-hydrogen) atoms. The van der Waals surface area contributed by atoms with Gasteiger partial charge in [-0.1, -0.05) is 60.3 Å². The van der Waals surface area contributed by atoms with Gasteiger partial charge in [-0.15, -0.1) is 0 Å². The summed E-state index contributed by atoms with van der Waals surface area (Å²) in [5, 5.41) is 0.926. The van der Waals surface area contributed by atoms with E-state index in [0.717, 1.165) is 27.8 Å². The summed E-state index contributed by atoms with van der Waals surface area (Å²) in [5.41, 5.74) is 2.91. The number of hydrogen-bond donors (Lipinski definition) is 0. The third-order valence-electron chi connectivity index (χ3n) is 3.51. The third kappa shape index (κ3) is 2.96. The zero-order valence-corrected chi connectivity index (χ0v) is 13.1. The quantitative estimate of drug-likeness (QED) is 0.570. The SMILES string of the molecule is c1ccc(Cn2c(Sc3ccccc3)nc3cncnc32)cc1. The summed E-state index contributed by atoms with van der Waals surface area (Å²) in [6.07, 6.45) is 3.33. The number of imidazole rings is 1. The first kappa shape index (κ1) is 14.0. The van der Waals surface area contributed by atoms with Crippen LogP contribution in [0.4, 0.5) is 0 Å². The average molecular weight is 318 g/mol. The Morgan fingerprint density at radius 2 is 1.65 bits per heavy atom. The Balaban J connectivity index is 1.78. The highest BCUT2D eigenvalue weighted by molar-refractivity contribution is 7.99. The molecule has 0 fully saturated rings. The molecule has 0 aliphatic rings. The first-order chi connectivity index (χ1) is 11.4. The van der Waals surface area contributed by atoms with Crippen LogP contribution in [-0.4, -0.2) is 19.5 Å². The summed E-state index contributed by atoms with van der Waals surface area (Å²) >= 11 is 1.64. The molecule has 0 aliphatic heterocycles. The Labute approximate surface area is 138 Å². The molecule has 5 heteroatoms. The van der Waals surface area contributed by atoms with Crippen molar-refractivity contribution in [3.63, 3.8) is 0 Å². The maximum Gasteiger partial charge on any atom is 0.175 e. The lowest BCUT2D eigenvalue weighted by Crippen LogP contribution is -2.02. The van der Waals surface area contributed by atoms with E-state index in [1.807, 2.05) is 36.4 Å². The standard InChI is InChI=1S/C18H14N4S/c1-3-7-14(8-4-1)12-22-17-16(11-19-13-20-17)21-18(22)23-15-9-5-2-6-10-15/h1-11,13H,12H2. The van der Waals surface area contributed by atoms with Crippen LogP contribution in [0.5, 0.6) is 0 Å². The number of rotatable bonds is 4. The van der Waals surface area contributed by atoms with Crippen LogP contribution < -0.4 is 0 Å². The first-order valence-electron chi connectivity index (χ1n) is 7.33. The summed E-state index contributed by atoms with van der Waals surface area (Å²) < 4.78 is 2.14. The van der Waals surface area contributed by atoms with Crippen LogP contribution in [0.2, 0.25) is 0 Å². The van der Waals surface area contributed by atoms with E-state index in [9.17, 15) is 0 Å². The zero-order chi connectivity index (χ0) is 15.5. The molecule has 0 saturated heterocycles. The van der Waals surface area contributed by atoms with Crippen molar-refractivity contribution in [2.24, 2.45) is 0 Å². The van der Waals surface area contributed by atoms with Crippen LogP contribution in [0.1, 0.15) is 5.56 Å². The fourth-order valence-corrected chi connectivity index (χ4v) is 3.35. The van der Waals surface area contributed by atoms with Crippen molar-refractivity contribution in [2.45, 2.75) is 16.6 Å². The highest BCUT2D eigenvalue weighted by Crippen LogP contribution is 2.29. The molecule has 2 aromatic heterocycles. The maximum absolute atomic E-state index is 4.71. The molecule has 0 unspecified atom stereocenters. The van der Waals surface area contributed by atoms with Gasteiger partial charge in [-0.25, -0.2) is 15.0 Å². The van der Waals surface area contributed by atoms with Crippen LogP contribution >= 0.6 is 11.8 Å². The second kappa shape index (κ2) is 6.22. The molecular formula is C18H14N4S. The Bertz CT molecular complexity index is 920. The number of fused-ring (bicyclic) bond motifs is 1. The van der Waals surface area contributed by atoms with E-state index in [-0.39, 0.29) is 0 Å². The minimum Gasteiger partial charge on any atom is -0.299 e. The normalized spacial score (nSPS) is 11.0. The van der Waals surface area contributed by atoms with Crippen molar-refractivity contribution in [3.05, 3.63) is 78.8 Å². The third-order valence-corrected chi connectivity index (χ3v) is 4.51. The molecule has 4 rings (SSSR count). The van der Waals surface area contributed by atoms with Gasteiger partial charge >= 0.3 is 0 Å². The summed E-state index contributed by atoms with van der Waals surface area (Å²) in [6, 6.07) is 20.6. The molecule has 0 aliphatic carbocycles. The molecule has 0 bridgehead atoms. The summed E-state index contributed by atoms with van der Waals surface area (Å²) in [4.78, 5) is 14.4. The highest BCUT2D eigenvalue weighted by atomic mass is 32.2. The van der Waals surface area contributed by atoms with E-state index in [1.165, 1.54) is 5.56 Å².